The first-order chi connectivity index (χ1) is 9.43. The fourth-order valence-corrected chi connectivity index (χ4v) is 2.62. The van der Waals surface area contributed by atoms with E-state index in [0.717, 1.165) is 19.3 Å². The van der Waals surface area contributed by atoms with Gasteiger partial charge in [0.1, 0.15) is 17.3 Å². The molecule has 0 spiro atoms. The van der Waals surface area contributed by atoms with E-state index in [0.29, 0.717) is 17.9 Å². The van der Waals surface area contributed by atoms with Gasteiger partial charge in [-0.3, -0.25) is 0 Å². The van der Waals surface area contributed by atoms with Gasteiger partial charge in [0.15, 0.2) is 0 Å². The van der Waals surface area contributed by atoms with Gasteiger partial charge in [-0.15, -0.1) is 0 Å². The van der Waals surface area contributed by atoms with Crippen LogP contribution in [-0.4, -0.2) is 19.1 Å². The van der Waals surface area contributed by atoms with Crippen LogP contribution in [0.4, 0.5) is 14.5 Å². The van der Waals surface area contributed by atoms with Crippen LogP contribution in [0.2, 0.25) is 0 Å². The molecule has 2 nitrogen and oxygen atoms in total. The van der Waals surface area contributed by atoms with E-state index in [9.17, 15) is 8.78 Å². The third-order valence-corrected chi connectivity index (χ3v) is 4.37. The molecule has 1 aliphatic carbocycles. The summed E-state index contributed by atoms with van der Waals surface area (Å²) < 4.78 is 28.5. The number of anilines is 1. The summed E-state index contributed by atoms with van der Waals surface area (Å²) in [5, 5.41) is 0. The van der Waals surface area contributed by atoms with Crippen LogP contribution in [-0.2, 0) is 6.42 Å². The van der Waals surface area contributed by atoms with Crippen molar-refractivity contribution in [2.24, 2.45) is 11.7 Å². The van der Waals surface area contributed by atoms with Crippen LogP contribution in [0.25, 0.3) is 0 Å². The van der Waals surface area contributed by atoms with Crippen molar-refractivity contribution in [3.63, 3.8) is 0 Å². The summed E-state index contributed by atoms with van der Waals surface area (Å²) in [6, 6.07) is 2.96. The van der Waals surface area contributed by atoms with Gasteiger partial charge in [0.05, 0.1) is 0 Å². The normalized spacial score (nSPS) is 17.9. The lowest BCUT2D eigenvalue weighted by Crippen LogP contribution is -2.32. The van der Waals surface area contributed by atoms with E-state index in [-0.39, 0.29) is 17.8 Å². The van der Waals surface area contributed by atoms with E-state index >= 15 is 0 Å². The van der Waals surface area contributed by atoms with Gasteiger partial charge in [-0.1, -0.05) is 6.92 Å². The van der Waals surface area contributed by atoms with Gasteiger partial charge in [-0.05, 0) is 56.2 Å². The SMILES string of the molecule is CCC(N)Cc1cc(F)c(N(C)C(C)C2CC2)c(F)c1. The molecule has 2 N–H and O–H groups in total. The van der Waals surface area contributed by atoms with Crippen molar-refractivity contribution in [3.8, 4) is 0 Å². The Morgan fingerprint density at radius 1 is 1.30 bits per heavy atom. The molecular weight excluding hydrogens is 258 g/mol. The van der Waals surface area contributed by atoms with Crippen LogP contribution in [0.15, 0.2) is 12.1 Å². The number of benzene rings is 1. The molecule has 0 saturated heterocycles. The second-order valence-corrected chi connectivity index (χ2v) is 5.97. The minimum absolute atomic E-state index is 0.0530. The lowest BCUT2D eigenvalue weighted by molar-refractivity contribution is 0.538. The number of hydrogen-bond acceptors (Lipinski definition) is 2. The second kappa shape index (κ2) is 6.08. The molecule has 1 aromatic rings. The molecule has 0 bridgehead atoms. The molecule has 112 valence electrons. The zero-order chi connectivity index (χ0) is 14.9. The van der Waals surface area contributed by atoms with E-state index in [4.69, 9.17) is 5.73 Å². The highest BCUT2D eigenvalue weighted by Gasteiger charge is 2.32. The average Bonchev–Trinajstić information content (AvgIpc) is 3.20. The van der Waals surface area contributed by atoms with Crippen molar-refractivity contribution in [2.75, 3.05) is 11.9 Å². The standard InChI is InChI=1S/C16H24F2N2/c1-4-13(19)7-11-8-14(17)16(15(18)9-11)20(3)10(2)12-5-6-12/h8-10,12-13H,4-7,19H2,1-3H3. The van der Waals surface area contributed by atoms with E-state index in [1.54, 1.807) is 11.9 Å². The zero-order valence-corrected chi connectivity index (χ0v) is 12.5. The second-order valence-electron chi connectivity index (χ2n) is 5.97. The van der Waals surface area contributed by atoms with Gasteiger partial charge in [-0.25, -0.2) is 8.78 Å². The van der Waals surface area contributed by atoms with Crippen molar-refractivity contribution in [3.05, 3.63) is 29.3 Å². The van der Waals surface area contributed by atoms with E-state index in [1.807, 2.05) is 13.8 Å². The Kier molecular flexibility index (Phi) is 4.63. The summed E-state index contributed by atoms with van der Waals surface area (Å²) >= 11 is 0. The first kappa shape index (κ1) is 15.2. The lowest BCUT2D eigenvalue weighted by atomic mass is 10.0. The number of hydrogen-bond donors (Lipinski definition) is 1. The zero-order valence-electron chi connectivity index (χ0n) is 12.5. The molecule has 1 saturated carbocycles. The summed E-state index contributed by atoms with van der Waals surface area (Å²) in [6.45, 7) is 3.99. The fraction of sp³-hybridized carbons (Fsp3) is 0.625. The summed E-state index contributed by atoms with van der Waals surface area (Å²) in [5.41, 5.74) is 6.56. The topological polar surface area (TPSA) is 29.3 Å². The predicted molar refractivity (Wildman–Crippen MR) is 78.9 cm³/mol. The van der Waals surface area contributed by atoms with Crippen LogP contribution in [0.3, 0.4) is 0 Å². The van der Waals surface area contributed by atoms with Crippen LogP contribution in [0.1, 0.15) is 38.7 Å². The van der Waals surface area contributed by atoms with Gasteiger partial charge in [0.2, 0.25) is 0 Å². The molecule has 2 unspecified atom stereocenters. The van der Waals surface area contributed by atoms with Crippen molar-refractivity contribution >= 4 is 5.69 Å². The smallest absolute Gasteiger partial charge is 0.149 e. The summed E-state index contributed by atoms with van der Waals surface area (Å²) in [6.07, 6.45) is 3.60. The largest absolute Gasteiger partial charge is 0.367 e. The van der Waals surface area contributed by atoms with Gasteiger partial charge in [0, 0.05) is 19.1 Å². The monoisotopic (exact) mass is 282 g/mol. The van der Waals surface area contributed by atoms with Gasteiger partial charge < -0.3 is 10.6 Å². The Morgan fingerprint density at radius 3 is 2.30 bits per heavy atom. The highest BCUT2D eigenvalue weighted by atomic mass is 19.1. The number of rotatable bonds is 6. The van der Waals surface area contributed by atoms with Crippen molar-refractivity contribution in [1.29, 1.82) is 0 Å². The Bertz CT molecular complexity index is 449. The Morgan fingerprint density at radius 2 is 1.85 bits per heavy atom. The van der Waals surface area contributed by atoms with Crippen LogP contribution >= 0.6 is 0 Å². The third kappa shape index (κ3) is 3.29. The van der Waals surface area contributed by atoms with Crippen molar-refractivity contribution < 1.29 is 8.78 Å². The van der Waals surface area contributed by atoms with E-state index in [1.165, 1.54) is 12.1 Å². The molecule has 0 amide bonds. The minimum Gasteiger partial charge on any atom is -0.367 e. The first-order valence-electron chi connectivity index (χ1n) is 7.40. The highest BCUT2D eigenvalue weighted by molar-refractivity contribution is 5.51. The molecule has 1 aromatic carbocycles. The molecular formula is C16H24F2N2. The molecule has 0 radical (unpaired) electrons. The maximum Gasteiger partial charge on any atom is 0.149 e. The lowest BCUT2D eigenvalue weighted by Gasteiger charge is -2.28. The first-order valence-corrected chi connectivity index (χ1v) is 7.40. The Hall–Kier alpha value is -1.16. The molecule has 1 aliphatic rings. The Balaban J connectivity index is 2.21. The number of halogens is 2. The van der Waals surface area contributed by atoms with Gasteiger partial charge in [-0.2, -0.15) is 0 Å². The molecule has 20 heavy (non-hydrogen) atoms. The van der Waals surface area contributed by atoms with Crippen molar-refractivity contribution in [1.82, 2.24) is 0 Å². The van der Waals surface area contributed by atoms with Gasteiger partial charge >= 0.3 is 0 Å². The number of nitrogens with two attached hydrogens (primary N) is 1. The molecule has 2 atom stereocenters. The van der Waals surface area contributed by atoms with Crippen molar-refractivity contribution in [2.45, 2.75) is 51.6 Å². The molecule has 4 heteroatoms. The quantitative estimate of drug-likeness (QED) is 0.865. The highest BCUT2D eigenvalue weighted by Crippen LogP contribution is 2.37. The molecule has 1 fully saturated rings. The van der Waals surface area contributed by atoms with E-state index < -0.39 is 11.6 Å². The predicted octanol–water partition coefficient (Wildman–Crippen LogP) is 3.48. The average molecular weight is 282 g/mol. The van der Waals surface area contributed by atoms with Gasteiger partial charge in [0.25, 0.3) is 0 Å². The summed E-state index contributed by atoms with van der Waals surface area (Å²) in [4.78, 5) is 1.73. The number of nitrogens with zero attached hydrogens (tertiary/aromatic N) is 1. The summed E-state index contributed by atoms with van der Waals surface area (Å²) in [5.74, 6) is -0.413. The molecule has 0 heterocycles. The third-order valence-electron chi connectivity index (χ3n) is 4.37. The maximum absolute atomic E-state index is 14.2. The minimum atomic E-state index is -0.488. The molecule has 0 aromatic heterocycles. The van der Waals surface area contributed by atoms with Crippen LogP contribution < -0.4 is 10.6 Å². The van der Waals surface area contributed by atoms with Crippen LogP contribution in [0, 0.1) is 17.6 Å². The molecule has 0 aliphatic heterocycles. The maximum atomic E-state index is 14.2. The fourth-order valence-electron chi connectivity index (χ4n) is 2.62. The van der Waals surface area contributed by atoms with Crippen LogP contribution in [0.5, 0.6) is 0 Å². The van der Waals surface area contributed by atoms with E-state index in [2.05, 4.69) is 0 Å². The molecule has 2 rings (SSSR count). The summed E-state index contributed by atoms with van der Waals surface area (Å²) in [7, 11) is 1.77. The Labute approximate surface area is 120 Å².